The molecule has 0 radical (unpaired) electrons. The van der Waals surface area contributed by atoms with E-state index in [0.29, 0.717) is 10.6 Å². The number of aliphatic carboxylic acids is 1. The van der Waals surface area contributed by atoms with Crippen LogP contribution >= 0.6 is 11.6 Å². The predicted octanol–water partition coefficient (Wildman–Crippen LogP) is 2.91. The van der Waals surface area contributed by atoms with Crippen LogP contribution in [0.3, 0.4) is 0 Å². The number of halogens is 4. The van der Waals surface area contributed by atoms with Gasteiger partial charge in [-0.25, -0.2) is 0 Å². The molecule has 0 saturated carbocycles. The van der Waals surface area contributed by atoms with E-state index >= 15 is 0 Å². The van der Waals surface area contributed by atoms with Gasteiger partial charge in [0.05, 0.1) is 0 Å². The molecule has 7 heteroatoms. The number of carboxylic acid groups (broad SMARTS) is 1. The van der Waals surface area contributed by atoms with Crippen molar-refractivity contribution in [3.05, 3.63) is 28.8 Å². The largest absolute Gasteiger partial charge is 0.481 e. The second kappa shape index (κ2) is 4.35. The number of carboxylic acids is 1. The lowest BCUT2D eigenvalue weighted by Gasteiger charge is -2.32. The smallest absolute Gasteiger partial charge is 0.426 e. The number of benzene rings is 1. The minimum absolute atomic E-state index is 0.0271. The van der Waals surface area contributed by atoms with Crippen molar-refractivity contribution in [1.29, 1.82) is 0 Å². The molecule has 0 bridgehead atoms. The van der Waals surface area contributed by atoms with Crippen LogP contribution in [0, 0.1) is 5.92 Å². The molecular formula is C11H8ClF3O3. The summed E-state index contributed by atoms with van der Waals surface area (Å²) in [5.74, 6) is -3.17. The van der Waals surface area contributed by atoms with Crippen molar-refractivity contribution in [1.82, 2.24) is 0 Å². The number of hydrogen-bond donors (Lipinski definition) is 1. The maximum absolute atomic E-state index is 12.7. The van der Waals surface area contributed by atoms with Gasteiger partial charge >= 0.3 is 12.1 Å². The van der Waals surface area contributed by atoms with E-state index in [-0.39, 0.29) is 12.2 Å². The van der Waals surface area contributed by atoms with Crippen molar-refractivity contribution in [2.45, 2.75) is 18.7 Å². The van der Waals surface area contributed by atoms with Gasteiger partial charge in [-0.05, 0) is 30.2 Å². The van der Waals surface area contributed by atoms with Crippen LogP contribution in [0.5, 0.6) is 5.75 Å². The highest BCUT2D eigenvalue weighted by Crippen LogP contribution is 2.39. The molecule has 3 nitrogen and oxygen atoms in total. The molecule has 1 aromatic carbocycles. The fourth-order valence-corrected chi connectivity index (χ4v) is 2.09. The first-order valence-electron chi connectivity index (χ1n) is 5.03. The summed E-state index contributed by atoms with van der Waals surface area (Å²) in [4.78, 5) is 10.9. The number of rotatable bonds is 1. The highest BCUT2D eigenvalue weighted by molar-refractivity contribution is 6.30. The summed E-state index contributed by atoms with van der Waals surface area (Å²) < 4.78 is 42.9. The summed E-state index contributed by atoms with van der Waals surface area (Å²) in [7, 11) is 0. The van der Waals surface area contributed by atoms with E-state index in [9.17, 15) is 18.0 Å². The molecule has 2 rings (SSSR count). The van der Waals surface area contributed by atoms with Gasteiger partial charge in [-0.3, -0.25) is 4.79 Å². The zero-order chi connectivity index (χ0) is 13.5. The molecule has 1 aliphatic heterocycles. The molecule has 0 aromatic heterocycles. The Morgan fingerprint density at radius 2 is 2.11 bits per heavy atom. The first-order valence-corrected chi connectivity index (χ1v) is 5.41. The van der Waals surface area contributed by atoms with Crippen molar-refractivity contribution >= 4 is 17.6 Å². The van der Waals surface area contributed by atoms with E-state index in [1.807, 2.05) is 0 Å². The number of alkyl halides is 3. The summed E-state index contributed by atoms with van der Waals surface area (Å²) in [5.41, 5.74) is 0.371. The molecule has 0 saturated heterocycles. The first-order chi connectivity index (χ1) is 8.29. The Hall–Kier alpha value is -1.43. The summed E-state index contributed by atoms with van der Waals surface area (Å²) >= 11 is 5.71. The van der Waals surface area contributed by atoms with Crippen molar-refractivity contribution in [3.8, 4) is 5.75 Å². The fourth-order valence-electron chi connectivity index (χ4n) is 1.90. The highest BCUT2D eigenvalue weighted by Gasteiger charge is 2.52. The minimum Gasteiger partial charge on any atom is -0.481 e. The third-order valence-electron chi connectivity index (χ3n) is 2.72. The van der Waals surface area contributed by atoms with E-state index in [0.717, 1.165) is 0 Å². The van der Waals surface area contributed by atoms with Crippen LogP contribution in [0.4, 0.5) is 13.2 Å². The number of carbonyl (C=O) groups is 1. The van der Waals surface area contributed by atoms with Crippen molar-refractivity contribution in [2.75, 3.05) is 0 Å². The zero-order valence-electron chi connectivity index (χ0n) is 8.87. The van der Waals surface area contributed by atoms with Crippen LogP contribution in [0.25, 0.3) is 0 Å². The van der Waals surface area contributed by atoms with Crippen LogP contribution in [0.15, 0.2) is 18.2 Å². The monoisotopic (exact) mass is 280 g/mol. The minimum atomic E-state index is -4.72. The van der Waals surface area contributed by atoms with Gasteiger partial charge < -0.3 is 9.84 Å². The molecule has 1 aliphatic rings. The fraction of sp³-hybridized carbons (Fsp3) is 0.364. The molecule has 0 aliphatic carbocycles. The molecule has 0 spiro atoms. The van der Waals surface area contributed by atoms with E-state index in [2.05, 4.69) is 0 Å². The molecule has 98 valence electrons. The summed E-state index contributed by atoms with van der Waals surface area (Å²) in [6, 6.07) is 4.13. The molecule has 18 heavy (non-hydrogen) atoms. The summed E-state index contributed by atoms with van der Waals surface area (Å²) in [6.07, 6.45) is -7.31. The molecule has 0 unspecified atom stereocenters. The highest BCUT2D eigenvalue weighted by atomic mass is 35.5. The Morgan fingerprint density at radius 3 is 2.67 bits per heavy atom. The predicted molar refractivity (Wildman–Crippen MR) is 56.8 cm³/mol. The van der Waals surface area contributed by atoms with Gasteiger partial charge in [-0.15, -0.1) is 0 Å². The molecule has 0 fully saturated rings. The lowest BCUT2D eigenvalue weighted by Crippen LogP contribution is -2.47. The van der Waals surface area contributed by atoms with Gasteiger partial charge in [0.25, 0.3) is 0 Å². The van der Waals surface area contributed by atoms with E-state index in [1.165, 1.54) is 18.2 Å². The molecule has 1 aromatic rings. The maximum atomic E-state index is 12.7. The lowest BCUT2D eigenvalue weighted by atomic mass is 9.90. The van der Waals surface area contributed by atoms with Crippen LogP contribution in [-0.2, 0) is 11.2 Å². The Balaban J connectivity index is 2.40. The van der Waals surface area contributed by atoms with Crippen LogP contribution in [-0.4, -0.2) is 23.4 Å². The Labute approximate surface area is 105 Å². The van der Waals surface area contributed by atoms with Gasteiger partial charge in [0.1, 0.15) is 11.7 Å². The third kappa shape index (κ3) is 2.38. The zero-order valence-corrected chi connectivity index (χ0v) is 9.63. The van der Waals surface area contributed by atoms with Gasteiger partial charge in [0, 0.05) is 5.02 Å². The van der Waals surface area contributed by atoms with Crippen LogP contribution in [0.2, 0.25) is 5.02 Å². The first kappa shape index (κ1) is 13.0. The van der Waals surface area contributed by atoms with Crippen molar-refractivity contribution in [2.24, 2.45) is 5.92 Å². The Bertz CT molecular complexity index is 487. The molecular weight excluding hydrogens is 273 g/mol. The molecule has 2 atom stereocenters. The average Bonchev–Trinajstić information content (AvgIpc) is 2.25. The maximum Gasteiger partial charge on any atom is 0.426 e. The van der Waals surface area contributed by atoms with Crippen LogP contribution < -0.4 is 4.74 Å². The van der Waals surface area contributed by atoms with Crippen molar-refractivity contribution < 1.29 is 27.8 Å². The lowest BCUT2D eigenvalue weighted by molar-refractivity contribution is -0.217. The van der Waals surface area contributed by atoms with Crippen molar-refractivity contribution in [3.63, 3.8) is 0 Å². The average molecular weight is 281 g/mol. The standard InChI is InChI=1S/C11H8ClF3O3/c12-6-1-2-8-5(3-6)4-7(10(16)17)9(18-8)11(13,14)15/h1-3,7,9H,4H2,(H,16,17)/t7-,9+/m1/s1. The second-order valence-electron chi connectivity index (χ2n) is 3.98. The van der Waals surface area contributed by atoms with Gasteiger partial charge in [0.2, 0.25) is 6.10 Å². The van der Waals surface area contributed by atoms with Gasteiger partial charge in [0.15, 0.2) is 0 Å². The number of ether oxygens (including phenoxy) is 1. The number of fused-ring (bicyclic) bond motifs is 1. The van der Waals surface area contributed by atoms with Crippen LogP contribution in [0.1, 0.15) is 5.56 Å². The molecule has 0 amide bonds. The molecule has 1 N–H and O–H groups in total. The SMILES string of the molecule is O=C(O)[C@@H]1Cc2cc(Cl)ccc2O[C@@H]1C(F)(F)F. The van der Waals surface area contributed by atoms with Gasteiger partial charge in [-0.2, -0.15) is 13.2 Å². The third-order valence-corrected chi connectivity index (χ3v) is 2.96. The van der Waals surface area contributed by atoms with E-state index < -0.39 is 24.2 Å². The van der Waals surface area contributed by atoms with E-state index in [4.69, 9.17) is 21.4 Å². The summed E-state index contributed by atoms with van der Waals surface area (Å²) in [5, 5.41) is 9.18. The quantitative estimate of drug-likeness (QED) is 0.860. The topological polar surface area (TPSA) is 46.5 Å². The second-order valence-corrected chi connectivity index (χ2v) is 4.42. The van der Waals surface area contributed by atoms with Gasteiger partial charge in [-0.1, -0.05) is 11.6 Å². The summed E-state index contributed by atoms with van der Waals surface area (Å²) in [6.45, 7) is 0. The Morgan fingerprint density at radius 1 is 1.44 bits per heavy atom. The Kier molecular flexibility index (Phi) is 3.14. The van der Waals surface area contributed by atoms with E-state index in [1.54, 1.807) is 0 Å². The normalized spacial score (nSPS) is 23.1. The molecule has 1 heterocycles. The number of hydrogen-bond acceptors (Lipinski definition) is 2.